The first kappa shape index (κ1) is 27.8. The molecule has 186 valence electrons. The molecule has 13 nitrogen and oxygen atoms in total. The Bertz CT molecular complexity index is 774. The molecule has 1 rings (SSSR count). The lowest BCUT2D eigenvalue weighted by Crippen LogP contribution is -2.58. The minimum atomic E-state index is -1.32. The zero-order valence-corrected chi connectivity index (χ0v) is 19.0. The van der Waals surface area contributed by atoms with E-state index >= 15 is 0 Å². The first-order valence-electron chi connectivity index (χ1n) is 10.8. The molecule has 1 aliphatic heterocycles. The van der Waals surface area contributed by atoms with Crippen LogP contribution in [0, 0.1) is 5.92 Å². The van der Waals surface area contributed by atoms with Gasteiger partial charge in [0.15, 0.2) is 0 Å². The molecule has 1 fully saturated rings. The summed E-state index contributed by atoms with van der Waals surface area (Å²) in [4.78, 5) is 73.0. The van der Waals surface area contributed by atoms with Crippen molar-refractivity contribution >= 4 is 35.6 Å². The third-order valence-electron chi connectivity index (χ3n) is 5.51. The van der Waals surface area contributed by atoms with Crippen LogP contribution in [0.2, 0.25) is 0 Å². The molecule has 1 aliphatic rings. The van der Waals surface area contributed by atoms with Crippen molar-refractivity contribution in [3.63, 3.8) is 0 Å². The monoisotopic (exact) mass is 471 g/mol. The second-order valence-corrected chi connectivity index (χ2v) is 8.11. The third kappa shape index (κ3) is 8.33. The third-order valence-corrected chi connectivity index (χ3v) is 5.51. The zero-order chi connectivity index (χ0) is 25.3. The Morgan fingerprint density at radius 2 is 1.67 bits per heavy atom. The highest BCUT2D eigenvalue weighted by molar-refractivity contribution is 5.95. The van der Waals surface area contributed by atoms with Crippen molar-refractivity contribution in [3.05, 3.63) is 0 Å². The second kappa shape index (κ2) is 12.7. The van der Waals surface area contributed by atoms with Crippen molar-refractivity contribution in [2.45, 2.75) is 70.6 Å². The van der Waals surface area contributed by atoms with Gasteiger partial charge >= 0.3 is 11.9 Å². The van der Waals surface area contributed by atoms with Crippen LogP contribution in [0.15, 0.2) is 0 Å². The van der Waals surface area contributed by atoms with Gasteiger partial charge in [0.1, 0.15) is 24.7 Å². The summed E-state index contributed by atoms with van der Waals surface area (Å²) in [6, 6.07) is -4.22. The molecule has 1 saturated heterocycles. The van der Waals surface area contributed by atoms with Crippen LogP contribution in [-0.2, 0) is 28.8 Å². The first-order chi connectivity index (χ1) is 15.4. The summed E-state index contributed by atoms with van der Waals surface area (Å²) < 4.78 is 0. The number of hydrogen-bond acceptors (Lipinski definition) is 7. The van der Waals surface area contributed by atoms with Gasteiger partial charge in [-0.25, -0.2) is 0 Å². The van der Waals surface area contributed by atoms with Gasteiger partial charge in [-0.05, 0) is 25.7 Å². The van der Waals surface area contributed by atoms with Crippen LogP contribution in [0.4, 0.5) is 0 Å². The van der Waals surface area contributed by atoms with Crippen LogP contribution in [0.1, 0.15) is 46.5 Å². The SMILES string of the molecule is CC[C@H](C)[C@H](NC(=O)[C@@H]1CCCN1C(=O)[C@H](C)NC(=O)[C@@H](N)CC(=O)O)C(=O)NCC(=O)O. The Kier molecular flexibility index (Phi) is 10.7. The molecule has 5 atom stereocenters. The predicted octanol–water partition coefficient (Wildman–Crippen LogP) is -1.98. The number of amides is 4. The number of carboxylic acid groups (broad SMARTS) is 2. The maximum atomic E-state index is 12.9. The Balaban J connectivity index is 2.84. The first-order valence-corrected chi connectivity index (χ1v) is 10.8. The number of carbonyl (C=O) groups excluding carboxylic acids is 4. The van der Waals surface area contributed by atoms with Crippen LogP contribution in [0.25, 0.3) is 0 Å². The van der Waals surface area contributed by atoms with Crippen molar-refractivity contribution in [1.82, 2.24) is 20.9 Å². The average molecular weight is 472 g/mol. The Morgan fingerprint density at radius 1 is 1.03 bits per heavy atom. The van der Waals surface area contributed by atoms with Crippen molar-refractivity contribution in [1.29, 1.82) is 0 Å². The van der Waals surface area contributed by atoms with E-state index in [1.165, 1.54) is 11.8 Å². The lowest BCUT2D eigenvalue weighted by molar-refractivity contribution is -0.143. The fourth-order valence-corrected chi connectivity index (χ4v) is 3.44. The number of carbonyl (C=O) groups is 6. The molecule has 0 aromatic carbocycles. The number of nitrogens with zero attached hydrogens (tertiary/aromatic N) is 1. The number of likely N-dealkylation sites (tertiary alicyclic amines) is 1. The molecule has 13 heteroatoms. The average Bonchev–Trinajstić information content (AvgIpc) is 3.23. The minimum Gasteiger partial charge on any atom is -0.481 e. The Hall–Kier alpha value is -3.22. The molecule has 0 aliphatic carbocycles. The van der Waals surface area contributed by atoms with E-state index in [-0.39, 0.29) is 12.5 Å². The molecule has 33 heavy (non-hydrogen) atoms. The second-order valence-electron chi connectivity index (χ2n) is 8.11. The van der Waals surface area contributed by atoms with E-state index < -0.39 is 72.7 Å². The van der Waals surface area contributed by atoms with Gasteiger partial charge in [-0.2, -0.15) is 0 Å². The highest BCUT2D eigenvalue weighted by Gasteiger charge is 2.38. The summed E-state index contributed by atoms with van der Waals surface area (Å²) in [7, 11) is 0. The van der Waals surface area contributed by atoms with E-state index in [1.807, 2.05) is 6.92 Å². The van der Waals surface area contributed by atoms with Crippen LogP contribution in [0.5, 0.6) is 0 Å². The molecule has 0 bridgehead atoms. The minimum absolute atomic E-state index is 0.261. The van der Waals surface area contributed by atoms with E-state index in [1.54, 1.807) is 6.92 Å². The van der Waals surface area contributed by atoms with Crippen molar-refractivity contribution in [3.8, 4) is 0 Å². The molecule has 0 unspecified atom stereocenters. The summed E-state index contributed by atoms with van der Waals surface area (Å²) in [5, 5.41) is 24.8. The maximum absolute atomic E-state index is 12.9. The number of nitrogens with one attached hydrogen (secondary N) is 3. The van der Waals surface area contributed by atoms with Gasteiger partial charge in [0, 0.05) is 6.54 Å². The van der Waals surface area contributed by atoms with Gasteiger partial charge in [-0.15, -0.1) is 0 Å². The number of nitrogens with two attached hydrogens (primary N) is 1. The summed E-state index contributed by atoms with van der Waals surface area (Å²) >= 11 is 0. The van der Waals surface area contributed by atoms with E-state index in [9.17, 15) is 28.8 Å². The Morgan fingerprint density at radius 3 is 2.21 bits per heavy atom. The zero-order valence-electron chi connectivity index (χ0n) is 19.0. The fraction of sp³-hybridized carbons (Fsp3) is 0.700. The van der Waals surface area contributed by atoms with Crippen LogP contribution in [0.3, 0.4) is 0 Å². The molecule has 1 heterocycles. The lowest BCUT2D eigenvalue weighted by atomic mass is 9.97. The molecule has 4 amide bonds. The number of rotatable bonds is 12. The van der Waals surface area contributed by atoms with Crippen molar-refractivity contribution in [2.24, 2.45) is 11.7 Å². The van der Waals surface area contributed by atoms with Gasteiger partial charge in [0.2, 0.25) is 23.6 Å². The topological polar surface area (TPSA) is 208 Å². The maximum Gasteiger partial charge on any atom is 0.322 e. The molecule has 0 radical (unpaired) electrons. The van der Waals surface area contributed by atoms with E-state index in [0.29, 0.717) is 19.3 Å². The van der Waals surface area contributed by atoms with Gasteiger partial charge in [0.05, 0.1) is 12.5 Å². The molecule has 7 N–H and O–H groups in total. The molecule has 0 saturated carbocycles. The smallest absolute Gasteiger partial charge is 0.322 e. The largest absolute Gasteiger partial charge is 0.481 e. The van der Waals surface area contributed by atoms with E-state index in [0.717, 1.165) is 0 Å². The molecular formula is C20H33N5O8. The number of carboxylic acids is 2. The number of hydrogen-bond donors (Lipinski definition) is 6. The quantitative estimate of drug-likeness (QED) is 0.186. The summed E-state index contributed by atoms with van der Waals surface area (Å²) in [5.41, 5.74) is 5.51. The van der Waals surface area contributed by atoms with Crippen LogP contribution < -0.4 is 21.7 Å². The van der Waals surface area contributed by atoms with Gasteiger partial charge in [0.25, 0.3) is 0 Å². The van der Waals surface area contributed by atoms with Gasteiger partial charge in [-0.1, -0.05) is 20.3 Å². The summed E-state index contributed by atoms with van der Waals surface area (Å²) in [6.45, 7) is 4.64. The Labute approximate surface area is 191 Å². The van der Waals surface area contributed by atoms with E-state index in [4.69, 9.17) is 15.9 Å². The van der Waals surface area contributed by atoms with Crippen LogP contribution in [-0.4, -0.2) is 87.9 Å². The normalized spacial score (nSPS) is 19.0. The standard InChI is InChI=1S/C20H33N5O8/c1-4-10(2)16(19(32)22-9-15(28)29)24-18(31)13-6-5-7-25(13)20(33)11(3)23-17(30)12(21)8-14(26)27/h10-13,16H,4-9,21H2,1-3H3,(H,22,32)(H,23,30)(H,24,31)(H,26,27)(H,28,29)/t10-,11-,12-,13-,16-/m0/s1. The highest BCUT2D eigenvalue weighted by Crippen LogP contribution is 2.20. The molecule has 0 aromatic heterocycles. The highest BCUT2D eigenvalue weighted by atomic mass is 16.4. The summed E-state index contributed by atoms with van der Waals surface area (Å²) in [6.07, 6.45) is 0.823. The van der Waals surface area contributed by atoms with Gasteiger partial charge in [-0.3, -0.25) is 28.8 Å². The fourth-order valence-electron chi connectivity index (χ4n) is 3.44. The van der Waals surface area contributed by atoms with Crippen molar-refractivity contribution in [2.75, 3.05) is 13.1 Å². The van der Waals surface area contributed by atoms with Gasteiger partial charge < -0.3 is 36.8 Å². The van der Waals surface area contributed by atoms with E-state index in [2.05, 4.69) is 16.0 Å². The molecule has 0 spiro atoms. The number of aliphatic carboxylic acids is 2. The van der Waals surface area contributed by atoms with Crippen LogP contribution >= 0.6 is 0 Å². The summed E-state index contributed by atoms with van der Waals surface area (Å²) in [5.74, 6) is -5.30. The lowest BCUT2D eigenvalue weighted by Gasteiger charge is -2.30. The van der Waals surface area contributed by atoms with Crippen molar-refractivity contribution < 1.29 is 39.0 Å². The molecule has 0 aromatic rings. The predicted molar refractivity (Wildman–Crippen MR) is 115 cm³/mol. The molecular weight excluding hydrogens is 438 g/mol.